The van der Waals surface area contributed by atoms with Crippen LogP contribution in [0, 0.1) is 0 Å². The minimum atomic E-state index is -1.16. The fourth-order valence-electron chi connectivity index (χ4n) is 2.91. The van der Waals surface area contributed by atoms with Crippen molar-refractivity contribution in [3.8, 4) is 17.2 Å². The molecule has 0 aliphatic heterocycles. The number of hydrogen-bond acceptors (Lipinski definition) is 7. The first-order chi connectivity index (χ1) is 15.9. The van der Waals surface area contributed by atoms with E-state index in [0.717, 1.165) is 10.8 Å². The third-order valence-electron chi connectivity index (χ3n) is 4.48. The van der Waals surface area contributed by atoms with Gasteiger partial charge in [-0.3, -0.25) is 9.97 Å². The second-order valence-corrected chi connectivity index (χ2v) is 6.79. The molecule has 0 aliphatic rings. The van der Waals surface area contributed by atoms with Gasteiger partial charge in [-0.1, -0.05) is 36.4 Å². The summed E-state index contributed by atoms with van der Waals surface area (Å²) in [5.41, 5.74) is 6.80. The van der Waals surface area contributed by atoms with Gasteiger partial charge in [0.2, 0.25) is 0 Å². The smallest absolute Gasteiger partial charge is 0.339 e. The molecule has 0 aliphatic carbocycles. The molecule has 2 aromatic heterocycles. The van der Waals surface area contributed by atoms with Crippen molar-refractivity contribution in [1.29, 1.82) is 0 Å². The van der Waals surface area contributed by atoms with Crippen molar-refractivity contribution < 1.29 is 25.2 Å². The Morgan fingerprint density at radius 2 is 1.15 bits per heavy atom. The number of aromatic nitrogens is 2. The van der Waals surface area contributed by atoms with Crippen molar-refractivity contribution in [2.75, 3.05) is 5.73 Å². The largest absolute Gasteiger partial charge is 0.507 e. The quantitative estimate of drug-likeness (QED) is 0.237. The Morgan fingerprint density at radius 3 is 1.58 bits per heavy atom. The van der Waals surface area contributed by atoms with Crippen molar-refractivity contribution in [2.24, 2.45) is 0 Å². The summed E-state index contributed by atoms with van der Waals surface area (Å²) in [7, 11) is 0. The fraction of sp³-hybridized carbons (Fsp3) is 0. The van der Waals surface area contributed by atoms with E-state index in [1.807, 2.05) is 36.4 Å². The normalized spacial score (nSPS) is 9.94. The highest BCUT2D eigenvalue weighted by atomic mass is 16.4. The zero-order valence-corrected chi connectivity index (χ0v) is 17.3. The molecule has 2 heterocycles. The van der Waals surface area contributed by atoms with Crippen LogP contribution in [0.2, 0.25) is 0 Å². The summed E-state index contributed by atoms with van der Waals surface area (Å²) < 4.78 is 0. The van der Waals surface area contributed by atoms with E-state index in [2.05, 4.69) is 9.97 Å². The first-order valence-electron chi connectivity index (χ1n) is 9.74. The number of carbonyl (C=O) groups is 1. The van der Waals surface area contributed by atoms with E-state index in [4.69, 9.17) is 15.9 Å². The zero-order valence-electron chi connectivity index (χ0n) is 17.3. The van der Waals surface area contributed by atoms with Gasteiger partial charge in [-0.25, -0.2) is 4.79 Å². The van der Waals surface area contributed by atoms with E-state index in [1.165, 1.54) is 18.2 Å². The summed E-state index contributed by atoms with van der Waals surface area (Å²) in [4.78, 5) is 18.4. The number of nitrogens with zero attached hydrogens (tertiary/aromatic N) is 2. The van der Waals surface area contributed by atoms with Crippen molar-refractivity contribution >= 4 is 33.5 Å². The molecule has 33 heavy (non-hydrogen) atoms. The van der Waals surface area contributed by atoms with Crippen LogP contribution >= 0.6 is 0 Å². The van der Waals surface area contributed by atoms with Gasteiger partial charge in [0.25, 0.3) is 0 Å². The number of aromatic carboxylic acids is 1. The van der Waals surface area contributed by atoms with Crippen molar-refractivity contribution in [3.63, 3.8) is 0 Å². The van der Waals surface area contributed by atoms with Crippen LogP contribution in [0.15, 0.2) is 91.3 Å². The molecule has 0 amide bonds. The molecule has 0 saturated carbocycles. The van der Waals surface area contributed by atoms with Crippen molar-refractivity contribution in [1.82, 2.24) is 9.97 Å². The predicted octanol–water partition coefficient (Wildman–Crippen LogP) is 4.55. The van der Waals surface area contributed by atoms with Gasteiger partial charge < -0.3 is 26.2 Å². The van der Waals surface area contributed by atoms with Gasteiger partial charge in [-0.2, -0.15) is 0 Å². The zero-order chi connectivity index (χ0) is 23.8. The Kier molecular flexibility index (Phi) is 7.23. The molecular weight excluding hydrogens is 422 g/mol. The van der Waals surface area contributed by atoms with Crippen molar-refractivity contribution in [3.05, 3.63) is 96.8 Å². The third-order valence-corrected chi connectivity index (χ3v) is 4.48. The fourth-order valence-corrected chi connectivity index (χ4v) is 2.91. The Hall–Kier alpha value is -4.85. The molecule has 6 N–H and O–H groups in total. The van der Waals surface area contributed by atoms with Gasteiger partial charge in [0.15, 0.2) is 0 Å². The number of benzene rings is 3. The van der Waals surface area contributed by atoms with E-state index < -0.39 is 5.97 Å². The van der Waals surface area contributed by atoms with Gasteiger partial charge in [0.05, 0.1) is 0 Å². The number of rotatable bonds is 1. The number of anilines is 1. The Balaban J connectivity index is 0.000000139. The lowest BCUT2D eigenvalue weighted by molar-refractivity contribution is 0.0693. The van der Waals surface area contributed by atoms with E-state index >= 15 is 0 Å². The summed E-state index contributed by atoms with van der Waals surface area (Å²) in [5, 5.41) is 38.0. The maximum absolute atomic E-state index is 10.3. The lowest BCUT2D eigenvalue weighted by Crippen LogP contribution is -1.97. The highest BCUT2D eigenvalue weighted by molar-refractivity contribution is 5.91. The number of pyridine rings is 2. The molecule has 0 spiro atoms. The van der Waals surface area contributed by atoms with Gasteiger partial charge in [0, 0.05) is 34.9 Å². The molecule has 166 valence electrons. The maximum atomic E-state index is 10.3. The number of nitrogen functional groups attached to an aromatic ring is 1. The van der Waals surface area contributed by atoms with Crippen LogP contribution in [-0.2, 0) is 0 Å². The summed E-state index contributed by atoms with van der Waals surface area (Å²) in [6.45, 7) is 0. The van der Waals surface area contributed by atoms with E-state index in [9.17, 15) is 15.0 Å². The van der Waals surface area contributed by atoms with Gasteiger partial charge >= 0.3 is 5.97 Å². The predicted molar refractivity (Wildman–Crippen MR) is 126 cm³/mol. The number of carboxylic acid groups (broad SMARTS) is 1. The minimum absolute atomic E-state index is 0.140. The molecule has 0 saturated heterocycles. The average Bonchev–Trinajstić information content (AvgIpc) is 2.80. The highest BCUT2D eigenvalue weighted by Crippen LogP contribution is 2.21. The van der Waals surface area contributed by atoms with E-state index in [0.29, 0.717) is 16.7 Å². The van der Waals surface area contributed by atoms with Crippen LogP contribution in [0.1, 0.15) is 10.4 Å². The van der Waals surface area contributed by atoms with Crippen LogP contribution in [0.5, 0.6) is 17.2 Å². The SMILES string of the molecule is Nc1ccc(C(=O)O)c(O)c1.Oc1cccc2cccnc12.Oc1cccc2cccnc12. The van der Waals surface area contributed by atoms with Gasteiger partial charge in [-0.15, -0.1) is 0 Å². The van der Waals surface area contributed by atoms with Crippen LogP contribution in [-0.4, -0.2) is 36.4 Å². The number of carboxylic acids is 1. The van der Waals surface area contributed by atoms with Crippen LogP contribution < -0.4 is 5.73 Å². The molecule has 5 rings (SSSR count). The number of fused-ring (bicyclic) bond motifs is 2. The monoisotopic (exact) mass is 443 g/mol. The summed E-state index contributed by atoms with van der Waals surface area (Å²) >= 11 is 0. The molecule has 0 atom stereocenters. The molecule has 3 aromatic carbocycles. The maximum Gasteiger partial charge on any atom is 0.339 e. The molecule has 8 nitrogen and oxygen atoms in total. The molecule has 0 fully saturated rings. The first kappa shape index (κ1) is 22.8. The van der Waals surface area contributed by atoms with Crippen LogP contribution in [0.4, 0.5) is 5.69 Å². The van der Waals surface area contributed by atoms with Gasteiger partial charge in [0.1, 0.15) is 33.8 Å². The second kappa shape index (κ2) is 10.5. The average molecular weight is 443 g/mol. The molecule has 0 radical (unpaired) electrons. The van der Waals surface area contributed by atoms with Crippen LogP contribution in [0.25, 0.3) is 21.8 Å². The molecular formula is C25H21N3O5. The van der Waals surface area contributed by atoms with Crippen molar-refractivity contribution in [2.45, 2.75) is 0 Å². The summed E-state index contributed by atoms with van der Waals surface area (Å²) in [6.07, 6.45) is 3.34. The molecule has 0 bridgehead atoms. The van der Waals surface area contributed by atoms with E-state index in [-0.39, 0.29) is 22.8 Å². The number of hydrogen-bond donors (Lipinski definition) is 5. The third kappa shape index (κ3) is 5.86. The summed E-state index contributed by atoms with van der Waals surface area (Å²) in [5.74, 6) is -0.994. The first-order valence-corrected chi connectivity index (χ1v) is 9.74. The topological polar surface area (TPSA) is 150 Å². The standard InChI is InChI=1S/2C9H7NO.C7H7NO3/c2*11-8-5-1-3-7-4-2-6-10-9(7)8;8-4-1-2-5(7(10)11)6(9)3-4/h2*1-6,11H;1-3,9H,8H2,(H,10,11). The van der Waals surface area contributed by atoms with Gasteiger partial charge in [-0.05, 0) is 36.4 Å². The minimum Gasteiger partial charge on any atom is -0.507 e. The van der Waals surface area contributed by atoms with Crippen LogP contribution in [0.3, 0.4) is 0 Å². The molecule has 8 heteroatoms. The lowest BCUT2D eigenvalue weighted by Gasteiger charge is -1.98. The number of nitrogens with two attached hydrogens (primary N) is 1. The number of aromatic hydroxyl groups is 3. The molecule has 5 aromatic rings. The number of phenols is 3. The Bertz CT molecular complexity index is 1320. The molecule has 0 unspecified atom stereocenters. The second-order valence-electron chi connectivity index (χ2n) is 6.79. The van der Waals surface area contributed by atoms with E-state index in [1.54, 1.807) is 36.7 Å². The Labute approximate surface area is 188 Å². The number of para-hydroxylation sites is 2. The highest BCUT2D eigenvalue weighted by Gasteiger charge is 2.07. The summed E-state index contributed by atoms with van der Waals surface area (Å²) in [6, 6.07) is 22.1. The number of phenolic OH excluding ortho intramolecular Hbond substituents is 2. The lowest BCUT2D eigenvalue weighted by atomic mass is 10.2. The Morgan fingerprint density at radius 1 is 0.667 bits per heavy atom.